The van der Waals surface area contributed by atoms with E-state index < -0.39 is 0 Å². The van der Waals surface area contributed by atoms with Gasteiger partial charge in [-0.15, -0.1) is 0 Å². The highest BCUT2D eigenvalue weighted by atomic mass is 16.1. The summed E-state index contributed by atoms with van der Waals surface area (Å²) in [6.07, 6.45) is 4.08. The fourth-order valence-electron chi connectivity index (χ4n) is 3.94. The summed E-state index contributed by atoms with van der Waals surface area (Å²) >= 11 is 0. The van der Waals surface area contributed by atoms with Crippen molar-refractivity contribution in [2.45, 2.75) is 6.92 Å². The van der Waals surface area contributed by atoms with Crippen LogP contribution in [-0.2, 0) is 7.05 Å². The third-order valence-corrected chi connectivity index (χ3v) is 5.27. The predicted octanol–water partition coefficient (Wildman–Crippen LogP) is 1.17. The van der Waals surface area contributed by atoms with E-state index in [1.54, 1.807) is 0 Å². The van der Waals surface area contributed by atoms with Crippen molar-refractivity contribution in [1.29, 1.82) is 0 Å². The summed E-state index contributed by atoms with van der Waals surface area (Å²) in [6.45, 7) is 5.14. The van der Waals surface area contributed by atoms with E-state index in [1.807, 2.05) is 36.0 Å². The maximum Gasteiger partial charge on any atom is 0.254 e. The van der Waals surface area contributed by atoms with E-state index in [0.717, 1.165) is 52.2 Å². The highest BCUT2D eigenvalue weighted by Crippen LogP contribution is 2.36. The molecule has 0 saturated heterocycles. The Balaban J connectivity index is 1.89. The van der Waals surface area contributed by atoms with Crippen molar-refractivity contribution in [3.63, 3.8) is 0 Å². The van der Waals surface area contributed by atoms with Gasteiger partial charge in [0.1, 0.15) is 7.05 Å². The number of carbonyl (C=O) groups is 1. The van der Waals surface area contributed by atoms with E-state index in [4.69, 9.17) is 0 Å². The topological polar surface area (TPSA) is 88.4 Å². The van der Waals surface area contributed by atoms with Gasteiger partial charge in [-0.25, -0.2) is 4.57 Å². The lowest BCUT2D eigenvalue weighted by Crippen LogP contribution is -2.54. The molecule has 1 amide bonds. The average molecular weight is 377 g/mol. The zero-order valence-corrected chi connectivity index (χ0v) is 16.4. The smallest absolute Gasteiger partial charge is 0.254 e. The number of nitrogens with zero attached hydrogens (tertiary/aromatic N) is 1. The summed E-state index contributed by atoms with van der Waals surface area (Å²) in [6, 6.07) is 10.3. The second-order valence-corrected chi connectivity index (χ2v) is 7.22. The molecular weight excluding hydrogens is 350 g/mol. The van der Waals surface area contributed by atoms with Gasteiger partial charge in [0.2, 0.25) is 0 Å². The number of hydrogen-bond acceptors (Lipinski definition) is 2. The Hall–Kier alpha value is -2.96. The van der Waals surface area contributed by atoms with Crippen LogP contribution in [0.3, 0.4) is 0 Å². The van der Waals surface area contributed by atoms with Crippen molar-refractivity contribution < 1.29 is 15.1 Å². The minimum atomic E-state index is -0.0492. The van der Waals surface area contributed by atoms with Gasteiger partial charge >= 0.3 is 0 Å². The second-order valence-electron chi connectivity index (χ2n) is 7.22. The molecule has 0 bridgehead atoms. The third-order valence-electron chi connectivity index (χ3n) is 5.27. The molecule has 4 rings (SSSR count). The molecule has 6 heteroatoms. The van der Waals surface area contributed by atoms with Crippen molar-refractivity contribution in [2.75, 3.05) is 26.2 Å². The van der Waals surface area contributed by atoms with Crippen molar-refractivity contribution in [2.24, 2.45) is 7.05 Å². The Labute approximate surface area is 163 Å². The summed E-state index contributed by atoms with van der Waals surface area (Å²) < 4.78 is 2.03. The number of pyridine rings is 1. The standard InChI is InChI=1S/C22H25N5O/c1-14-17-13-27(2)12-7-15(17)20(22(28)25-11-10-24-9-8-23)21-19(14)16-5-3-4-6-18(16)26-21/h3-7,12-13,24H,8-11,23H2,1-2H3,(H,25,28)/p+2. The maximum atomic E-state index is 13.2. The minimum absolute atomic E-state index is 0.0492. The Morgan fingerprint density at radius 2 is 1.93 bits per heavy atom. The number of carbonyl (C=O) groups excluding carboxylic acids is 1. The number of quaternary nitrogens is 1. The van der Waals surface area contributed by atoms with Gasteiger partial charge in [0.25, 0.3) is 5.91 Å². The van der Waals surface area contributed by atoms with Gasteiger partial charge in [-0.1, -0.05) is 18.2 Å². The Morgan fingerprint density at radius 1 is 1.11 bits per heavy atom. The van der Waals surface area contributed by atoms with Gasteiger partial charge in [0.05, 0.1) is 23.0 Å². The van der Waals surface area contributed by atoms with Crippen LogP contribution in [0, 0.1) is 6.92 Å². The van der Waals surface area contributed by atoms with Crippen molar-refractivity contribution >= 4 is 38.5 Å². The fraction of sp³-hybridized carbons (Fsp3) is 0.273. The average Bonchev–Trinajstić information content (AvgIpc) is 3.08. The third kappa shape index (κ3) is 3.10. The van der Waals surface area contributed by atoms with Crippen molar-refractivity contribution in [1.82, 2.24) is 15.6 Å². The predicted molar refractivity (Wildman–Crippen MR) is 112 cm³/mol. The summed E-state index contributed by atoms with van der Waals surface area (Å²) in [7, 11) is 2.01. The molecule has 0 aliphatic carbocycles. The Morgan fingerprint density at radius 3 is 2.75 bits per heavy atom. The molecule has 6 N–H and O–H groups in total. The highest BCUT2D eigenvalue weighted by Gasteiger charge is 2.21. The number of aromatic nitrogens is 2. The lowest BCUT2D eigenvalue weighted by atomic mass is 9.95. The lowest BCUT2D eigenvalue weighted by molar-refractivity contribution is -0.670. The molecule has 0 aliphatic heterocycles. The molecular formula is C22H27N5O+2. The first-order valence-corrected chi connectivity index (χ1v) is 9.72. The fourth-order valence-corrected chi connectivity index (χ4v) is 3.94. The molecule has 0 fully saturated rings. The Kier molecular flexibility index (Phi) is 4.98. The summed E-state index contributed by atoms with van der Waals surface area (Å²) in [4.78, 5) is 16.7. The first-order valence-electron chi connectivity index (χ1n) is 9.72. The lowest BCUT2D eigenvalue weighted by Gasteiger charge is -2.12. The number of amides is 1. The van der Waals surface area contributed by atoms with E-state index in [0.29, 0.717) is 12.1 Å². The molecule has 0 spiro atoms. The molecule has 6 nitrogen and oxygen atoms in total. The van der Waals surface area contributed by atoms with E-state index in [1.165, 1.54) is 5.56 Å². The first-order chi connectivity index (χ1) is 13.6. The van der Waals surface area contributed by atoms with Crippen LogP contribution in [0.15, 0.2) is 42.7 Å². The number of aromatic amines is 1. The number of rotatable bonds is 6. The van der Waals surface area contributed by atoms with Crippen LogP contribution >= 0.6 is 0 Å². The van der Waals surface area contributed by atoms with Crippen LogP contribution < -0.4 is 20.9 Å². The quantitative estimate of drug-likeness (QED) is 0.300. The van der Waals surface area contributed by atoms with E-state index in [9.17, 15) is 4.79 Å². The number of aryl methyl sites for hydroxylation is 2. The summed E-state index contributed by atoms with van der Waals surface area (Å²) in [5.74, 6) is -0.0492. The number of nitrogens with one attached hydrogen (secondary N) is 3. The van der Waals surface area contributed by atoms with Crippen LogP contribution in [0.5, 0.6) is 0 Å². The van der Waals surface area contributed by atoms with Crippen molar-refractivity contribution in [3.05, 3.63) is 53.9 Å². The molecule has 144 valence electrons. The molecule has 0 aliphatic rings. The molecule has 0 saturated carbocycles. The number of hydrogen-bond donors (Lipinski definition) is 4. The molecule has 0 unspecified atom stereocenters. The van der Waals surface area contributed by atoms with Crippen LogP contribution in [0.1, 0.15) is 15.9 Å². The zero-order chi connectivity index (χ0) is 19.7. The number of H-pyrrole nitrogens is 1. The number of fused-ring (bicyclic) bond motifs is 4. The van der Waals surface area contributed by atoms with Gasteiger partial charge in [-0.3, -0.25) is 4.79 Å². The van der Waals surface area contributed by atoms with Gasteiger partial charge in [-0.05, 0) is 18.6 Å². The molecule has 2 aromatic heterocycles. The van der Waals surface area contributed by atoms with Crippen LogP contribution in [0.25, 0.3) is 32.6 Å². The zero-order valence-electron chi connectivity index (χ0n) is 16.4. The van der Waals surface area contributed by atoms with Crippen LogP contribution in [-0.4, -0.2) is 37.1 Å². The first kappa shape index (κ1) is 18.4. The van der Waals surface area contributed by atoms with E-state index in [2.05, 4.69) is 46.6 Å². The molecule has 2 aromatic carbocycles. The highest BCUT2D eigenvalue weighted by molar-refractivity contribution is 6.24. The Bertz CT molecular complexity index is 1180. The molecule has 4 aromatic rings. The van der Waals surface area contributed by atoms with Gasteiger partial charge in [0, 0.05) is 47.4 Å². The van der Waals surface area contributed by atoms with Crippen LogP contribution in [0.4, 0.5) is 0 Å². The maximum absolute atomic E-state index is 13.2. The van der Waals surface area contributed by atoms with Gasteiger partial charge in [0.15, 0.2) is 12.4 Å². The normalized spacial score (nSPS) is 11.5. The van der Waals surface area contributed by atoms with E-state index >= 15 is 0 Å². The molecule has 0 radical (unpaired) electrons. The molecule has 28 heavy (non-hydrogen) atoms. The summed E-state index contributed by atoms with van der Waals surface area (Å²) in [5.41, 5.74) is 7.67. The summed E-state index contributed by atoms with van der Waals surface area (Å²) in [5, 5.41) is 10.7. The van der Waals surface area contributed by atoms with Crippen molar-refractivity contribution in [3.8, 4) is 0 Å². The minimum Gasteiger partial charge on any atom is -0.357 e. The monoisotopic (exact) mass is 377 g/mol. The molecule has 2 heterocycles. The van der Waals surface area contributed by atoms with Gasteiger partial charge in [-0.2, -0.15) is 0 Å². The SMILES string of the molecule is Cc1c2c[n+](C)ccc2c(C(=O)NCCNCC[NH3+])c2[nH]c3ccccc3c12. The van der Waals surface area contributed by atoms with E-state index in [-0.39, 0.29) is 5.91 Å². The number of benzene rings is 2. The largest absolute Gasteiger partial charge is 0.357 e. The molecule has 0 atom stereocenters. The number of para-hydroxylation sites is 1. The van der Waals surface area contributed by atoms with Crippen LogP contribution in [0.2, 0.25) is 0 Å². The second kappa shape index (κ2) is 7.58. The van der Waals surface area contributed by atoms with Gasteiger partial charge < -0.3 is 21.4 Å².